The van der Waals surface area contributed by atoms with E-state index >= 15 is 0 Å². The molecule has 1 N–H and O–H groups in total. The van der Waals surface area contributed by atoms with Crippen LogP contribution in [0.5, 0.6) is 0 Å². The van der Waals surface area contributed by atoms with Crippen LogP contribution in [0.4, 0.5) is 4.39 Å². The molecule has 0 radical (unpaired) electrons. The van der Waals surface area contributed by atoms with E-state index in [0.717, 1.165) is 0 Å². The first-order valence-electron chi connectivity index (χ1n) is 2.14. The van der Waals surface area contributed by atoms with Crippen molar-refractivity contribution in [2.75, 3.05) is 0 Å². The summed E-state index contributed by atoms with van der Waals surface area (Å²) in [7, 11) is 0. The van der Waals surface area contributed by atoms with E-state index in [1.807, 2.05) is 0 Å². The minimum absolute atomic E-state index is 0.391. The van der Waals surface area contributed by atoms with Crippen LogP contribution in [0.25, 0.3) is 0 Å². The summed E-state index contributed by atoms with van der Waals surface area (Å²) in [6.07, 6.45) is 0. The topological polar surface area (TPSA) is 15.8 Å². The second-order valence-electron chi connectivity index (χ2n) is 1.36. The third-order valence-electron chi connectivity index (χ3n) is 0.733. The predicted octanol–water partition coefficient (Wildman–Crippen LogP) is 1.88. The lowest BCUT2D eigenvalue weighted by Crippen LogP contribution is -1.77. The summed E-state index contributed by atoms with van der Waals surface area (Å²) in [4.78, 5) is 2.32. The van der Waals surface area contributed by atoms with Gasteiger partial charge < -0.3 is 4.98 Å². The van der Waals surface area contributed by atoms with Crippen LogP contribution >= 0.6 is 12.2 Å². The third kappa shape index (κ3) is 1.13. The first-order valence-corrected chi connectivity index (χ1v) is 2.55. The Labute approximate surface area is 51.2 Å². The molecule has 1 rings (SSSR count). The van der Waals surface area contributed by atoms with Crippen molar-refractivity contribution in [1.29, 1.82) is 0 Å². The van der Waals surface area contributed by atoms with Crippen LogP contribution in [0.1, 0.15) is 0 Å². The van der Waals surface area contributed by atoms with Crippen LogP contribution < -0.4 is 0 Å². The van der Waals surface area contributed by atoms with E-state index in [-0.39, 0.29) is 0 Å². The zero-order chi connectivity index (χ0) is 5.98. The number of aromatic amines is 1. The molecule has 1 aromatic rings. The van der Waals surface area contributed by atoms with Crippen LogP contribution in [-0.2, 0) is 0 Å². The van der Waals surface area contributed by atoms with Gasteiger partial charge in [0.1, 0.15) is 4.64 Å². The fourth-order valence-electron chi connectivity index (χ4n) is 0.421. The smallest absolute Gasteiger partial charge is 0.192 e. The Morgan fingerprint density at radius 2 is 2.25 bits per heavy atom. The van der Waals surface area contributed by atoms with Crippen molar-refractivity contribution < 1.29 is 4.39 Å². The number of H-pyrrole nitrogens is 1. The van der Waals surface area contributed by atoms with E-state index in [1.165, 1.54) is 6.07 Å². The van der Waals surface area contributed by atoms with Crippen molar-refractivity contribution in [3.8, 4) is 0 Å². The molecule has 0 saturated carbocycles. The molecule has 0 aliphatic rings. The maximum absolute atomic E-state index is 12.0. The van der Waals surface area contributed by atoms with Gasteiger partial charge in [0, 0.05) is 0 Å². The minimum atomic E-state index is -0.391. The third-order valence-corrected chi connectivity index (χ3v) is 0.971. The second-order valence-corrected chi connectivity index (χ2v) is 1.80. The summed E-state index contributed by atoms with van der Waals surface area (Å²) in [6, 6.07) is 4.50. The van der Waals surface area contributed by atoms with E-state index in [9.17, 15) is 4.39 Å². The molecule has 1 aromatic heterocycles. The predicted molar refractivity (Wildman–Crippen MR) is 31.6 cm³/mol. The van der Waals surface area contributed by atoms with Gasteiger partial charge in [0.15, 0.2) is 5.95 Å². The van der Waals surface area contributed by atoms with Crippen LogP contribution in [0.3, 0.4) is 0 Å². The van der Waals surface area contributed by atoms with Crippen LogP contribution in [0.2, 0.25) is 0 Å². The van der Waals surface area contributed by atoms with Gasteiger partial charge in [-0.2, -0.15) is 4.39 Å². The van der Waals surface area contributed by atoms with Gasteiger partial charge in [-0.25, -0.2) is 0 Å². The van der Waals surface area contributed by atoms with Crippen molar-refractivity contribution in [3.05, 3.63) is 28.8 Å². The van der Waals surface area contributed by atoms with E-state index < -0.39 is 5.95 Å². The minimum Gasteiger partial charge on any atom is -0.323 e. The van der Waals surface area contributed by atoms with Crippen molar-refractivity contribution in [2.45, 2.75) is 0 Å². The van der Waals surface area contributed by atoms with Gasteiger partial charge in [0.2, 0.25) is 0 Å². The van der Waals surface area contributed by atoms with Crippen LogP contribution in [0, 0.1) is 10.6 Å². The normalized spacial score (nSPS) is 9.12. The molecule has 0 fully saturated rings. The summed E-state index contributed by atoms with van der Waals surface area (Å²) in [5.74, 6) is -0.391. The Morgan fingerprint density at radius 1 is 1.50 bits per heavy atom. The van der Waals surface area contributed by atoms with E-state index in [0.29, 0.717) is 4.64 Å². The molecular formula is C5H4FNS. The highest BCUT2D eigenvalue weighted by molar-refractivity contribution is 7.71. The van der Waals surface area contributed by atoms with Gasteiger partial charge in [0.05, 0.1) is 0 Å². The maximum atomic E-state index is 12.0. The lowest BCUT2D eigenvalue weighted by molar-refractivity contribution is 0.582. The highest BCUT2D eigenvalue weighted by Crippen LogP contribution is 1.89. The van der Waals surface area contributed by atoms with Gasteiger partial charge in [-0.3, -0.25) is 0 Å². The van der Waals surface area contributed by atoms with Gasteiger partial charge in [0.25, 0.3) is 0 Å². The molecule has 0 saturated heterocycles. The average molecular weight is 129 g/mol. The van der Waals surface area contributed by atoms with Crippen LogP contribution in [-0.4, -0.2) is 4.98 Å². The molecule has 0 amide bonds. The molecule has 0 aliphatic carbocycles. The highest BCUT2D eigenvalue weighted by Gasteiger charge is 1.80. The summed E-state index contributed by atoms with van der Waals surface area (Å²) in [5, 5.41) is 0. The van der Waals surface area contributed by atoms with Crippen molar-refractivity contribution in [3.63, 3.8) is 0 Å². The first-order chi connectivity index (χ1) is 3.79. The molecule has 0 aliphatic heterocycles. The van der Waals surface area contributed by atoms with Crippen molar-refractivity contribution >= 4 is 12.2 Å². The fourth-order valence-corrected chi connectivity index (χ4v) is 0.597. The summed E-state index contributed by atoms with van der Waals surface area (Å²) >= 11 is 4.60. The Balaban J connectivity index is 3.28. The number of nitrogens with one attached hydrogen (secondary N) is 1. The molecule has 0 atom stereocenters. The number of halogens is 1. The zero-order valence-electron chi connectivity index (χ0n) is 4.02. The Kier molecular flexibility index (Phi) is 1.39. The molecule has 0 aromatic carbocycles. The first kappa shape index (κ1) is 5.44. The van der Waals surface area contributed by atoms with E-state index in [2.05, 4.69) is 17.2 Å². The van der Waals surface area contributed by atoms with Gasteiger partial charge in [-0.1, -0.05) is 18.3 Å². The zero-order valence-corrected chi connectivity index (χ0v) is 4.83. The summed E-state index contributed by atoms with van der Waals surface area (Å²) in [6.45, 7) is 0. The molecule has 1 heterocycles. The van der Waals surface area contributed by atoms with E-state index in [4.69, 9.17) is 0 Å². The van der Waals surface area contributed by atoms with Crippen molar-refractivity contribution in [2.24, 2.45) is 0 Å². The Morgan fingerprint density at radius 3 is 2.62 bits per heavy atom. The van der Waals surface area contributed by atoms with Gasteiger partial charge >= 0.3 is 0 Å². The van der Waals surface area contributed by atoms with Crippen LogP contribution in [0.15, 0.2) is 18.2 Å². The number of hydrogen-bond acceptors (Lipinski definition) is 1. The second kappa shape index (κ2) is 2.05. The highest BCUT2D eigenvalue weighted by atomic mass is 32.1. The molecule has 0 spiro atoms. The molecule has 1 nitrogen and oxygen atoms in total. The molecular weight excluding hydrogens is 125 g/mol. The average Bonchev–Trinajstić information content (AvgIpc) is 1.64. The summed E-state index contributed by atoms with van der Waals surface area (Å²) in [5.41, 5.74) is 0. The quantitative estimate of drug-likeness (QED) is 0.417. The molecule has 0 unspecified atom stereocenters. The number of hydrogen-bond donors (Lipinski definition) is 1. The Bertz CT molecular complexity index is 230. The maximum Gasteiger partial charge on any atom is 0.192 e. The number of pyridine rings is 1. The van der Waals surface area contributed by atoms with Gasteiger partial charge in [-0.05, 0) is 12.1 Å². The lowest BCUT2D eigenvalue weighted by atomic mass is 10.5. The molecule has 8 heavy (non-hydrogen) atoms. The molecule has 42 valence electrons. The fraction of sp³-hybridized carbons (Fsp3) is 0. The standard InChI is InChI=1S/C5H4FNS/c6-4-2-1-3-5(8)7-4/h1-3H,(H,7,8). The van der Waals surface area contributed by atoms with E-state index in [1.54, 1.807) is 12.1 Å². The lowest BCUT2D eigenvalue weighted by Gasteiger charge is -1.83. The van der Waals surface area contributed by atoms with Gasteiger partial charge in [-0.15, -0.1) is 0 Å². The largest absolute Gasteiger partial charge is 0.323 e. The monoisotopic (exact) mass is 129 g/mol. The SMILES string of the molecule is Fc1cccc(=S)[nH]1. The molecule has 0 bridgehead atoms. The Hall–Kier alpha value is -0.700. The summed E-state index contributed by atoms with van der Waals surface area (Å²) < 4.78 is 12.5. The van der Waals surface area contributed by atoms with Crippen molar-refractivity contribution in [1.82, 2.24) is 4.98 Å². The molecule has 3 heteroatoms. The number of aromatic nitrogens is 1. The number of rotatable bonds is 0.